The van der Waals surface area contributed by atoms with Gasteiger partial charge in [-0.25, -0.2) is 0 Å². The van der Waals surface area contributed by atoms with E-state index in [1.807, 2.05) is 6.07 Å². The first kappa shape index (κ1) is 19.6. The van der Waals surface area contributed by atoms with Gasteiger partial charge in [0, 0.05) is 5.69 Å². The molecule has 2 aromatic carbocycles. The highest BCUT2D eigenvalue weighted by atomic mass is 16.5. The Labute approximate surface area is 158 Å². The van der Waals surface area contributed by atoms with Gasteiger partial charge in [0.05, 0.1) is 14.2 Å². The van der Waals surface area contributed by atoms with Crippen molar-refractivity contribution in [3.63, 3.8) is 0 Å². The predicted octanol–water partition coefficient (Wildman–Crippen LogP) is 3.81. The highest BCUT2D eigenvalue weighted by Gasteiger charge is 2.11. The number of nitrogens with one attached hydrogen (secondary N) is 1. The average Bonchev–Trinajstić information content (AvgIpc) is 2.71. The van der Waals surface area contributed by atoms with E-state index in [2.05, 4.69) is 11.9 Å². The monoisotopic (exact) mass is 364 g/mol. The van der Waals surface area contributed by atoms with Gasteiger partial charge in [0.15, 0.2) is 11.5 Å². The van der Waals surface area contributed by atoms with Gasteiger partial charge in [0.25, 0.3) is 5.91 Å². The molecule has 0 unspecified atom stereocenters. The summed E-state index contributed by atoms with van der Waals surface area (Å²) in [6, 6.07) is 13.9. The zero-order valence-corrected chi connectivity index (χ0v) is 15.2. The van der Waals surface area contributed by atoms with Crippen LogP contribution in [0.15, 0.2) is 60.7 Å². The van der Waals surface area contributed by atoms with Crippen LogP contribution >= 0.6 is 0 Å². The van der Waals surface area contributed by atoms with Crippen LogP contribution in [0.3, 0.4) is 0 Å². The fourth-order valence-electron chi connectivity index (χ4n) is 2.23. The van der Waals surface area contributed by atoms with Crippen molar-refractivity contribution in [2.75, 3.05) is 26.1 Å². The van der Waals surface area contributed by atoms with E-state index >= 15 is 0 Å². The van der Waals surface area contributed by atoms with Gasteiger partial charge in [-0.15, -0.1) is 0 Å². The summed E-state index contributed by atoms with van der Waals surface area (Å²) in [5.74, 6) is 1.22. The molecule has 0 bridgehead atoms. The maximum absolute atomic E-state index is 12.4. The molecule has 0 saturated carbocycles. The molecule has 27 heavy (non-hydrogen) atoms. The van der Waals surface area contributed by atoms with Crippen LogP contribution in [0.1, 0.15) is 5.56 Å². The minimum Gasteiger partial charge on any atom is -0.497 e. The summed E-state index contributed by atoms with van der Waals surface area (Å²) in [5, 5.41) is 12.0. The number of anilines is 1. The van der Waals surface area contributed by atoms with E-state index in [1.54, 1.807) is 55.7 Å². The minimum atomic E-state index is -0.506. The van der Waals surface area contributed by atoms with Crippen molar-refractivity contribution in [1.82, 2.24) is 0 Å². The van der Waals surface area contributed by atoms with E-state index in [1.165, 1.54) is 13.2 Å². The topological polar surface area (TPSA) is 80.6 Å². The smallest absolute Gasteiger partial charge is 0.266 e. The molecule has 0 fully saturated rings. The van der Waals surface area contributed by atoms with Crippen LogP contribution in [-0.2, 0) is 4.79 Å². The van der Waals surface area contributed by atoms with Gasteiger partial charge < -0.3 is 19.5 Å². The molecule has 1 amide bonds. The summed E-state index contributed by atoms with van der Waals surface area (Å²) < 4.78 is 15.9. The first-order valence-electron chi connectivity index (χ1n) is 8.10. The Hall–Kier alpha value is -3.72. The van der Waals surface area contributed by atoms with Crippen LogP contribution in [0.25, 0.3) is 6.08 Å². The number of amides is 1. The number of nitriles is 1. The summed E-state index contributed by atoms with van der Waals surface area (Å²) >= 11 is 0. The molecule has 6 nitrogen and oxygen atoms in total. The molecule has 2 aromatic rings. The largest absolute Gasteiger partial charge is 0.497 e. The van der Waals surface area contributed by atoms with Crippen molar-refractivity contribution in [3.05, 3.63) is 66.3 Å². The number of carbonyl (C=O) groups is 1. The van der Waals surface area contributed by atoms with Crippen LogP contribution in [-0.4, -0.2) is 26.7 Å². The van der Waals surface area contributed by atoms with E-state index in [9.17, 15) is 10.1 Å². The number of ether oxygens (including phenoxy) is 3. The average molecular weight is 364 g/mol. The second kappa shape index (κ2) is 9.68. The Morgan fingerprint density at radius 1 is 1.15 bits per heavy atom. The van der Waals surface area contributed by atoms with Crippen LogP contribution in [0.5, 0.6) is 17.2 Å². The van der Waals surface area contributed by atoms with Gasteiger partial charge in [-0.1, -0.05) is 18.7 Å². The maximum atomic E-state index is 12.4. The van der Waals surface area contributed by atoms with E-state index in [4.69, 9.17) is 14.2 Å². The SMILES string of the molecule is C=CCOc1ccc(C=C(C#N)C(=O)Nc2ccc(OC)cc2)cc1OC. The Kier molecular flexibility index (Phi) is 7.03. The van der Waals surface area contributed by atoms with E-state index in [-0.39, 0.29) is 5.57 Å². The lowest BCUT2D eigenvalue weighted by molar-refractivity contribution is -0.112. The zero-order valence-electron chi connectivity index (χ0n) is 15.2. The molecule has 0 aromatic heterocycles. The summed E-state index contributed by atoms with van der Waals surface area (Å²) in [7, 11) is 3.08. The van der Waals surface area contributed by atoms with Crippen LogP contribution < -0.4 is 19.5 Å². The number of benzene rings is 2. The summed E-state index contributed by atoms with van der Waals surface area (Å²) in [6.45, 7) is 3.95. The van der Waals surface area contributed by atoms with Gasteiger partial charge in [-0.05, 0) is 48.0 Å². The number of hydrogen-bond donors (Lipinski definition) is 1. The van der Waals surface area contributed by atoms with Crippen molar-refractivity contribution in [1.29, 1.82) is 5.26 Å². The van der Waals surface area contributed by atoms with E-state index < -0.39 is 5.91 Å². The lowest BCUT2D eigenvalue weighted by Gasteiger charge is -2.10. The summed E-state index contributed by atoms with van der Waals surface area (Å²) in [5.41, 5.74) is 1.17. The lowest BCUT2D eigenvalue weighted by Crippen LogP contribution is -2.13. The van der Waals surface area contributed by atoms with Crippen LogP contribution in [0.2, 0.25) is 0 Å². The molecule has 6 heteroatoms. The van der Waals surface area contributed by atoms with Gasteiger partial charge in [-0.3, -0.25) is 4.79 Å². The van der Waals surface area contributed by atoms with Crippen molar-refractivity contribution >= 4 is 17.7 Å². The third kappa shape index (κ3) is 5.38. The Bertz CT molecular complexity index is 880. The highest BCUT2D eigenvalue weighted by Crippen LogP contribution is 2.29. The van der Waals surface area contributed by atoms with Crippen LogP contribution in [0, 0.1) is 11.3 Å². The van der Waals surface area contributed by atoms with Gasteiger partial charge in [0.1, 0.15) is 24.0 Å². The predicted molar refractivity (Wildman–Crippen MR) is 104 cm³/mol. The van der Waals surface area contributed by atoms with Crippen molar-refractivity contribution in [2.24, 2.45) is 0 Å². The Balaban J connectivity index is 2.19. The lowest BCUT2D eigenvalue weighted by atomic mass is 10.1. The van der Waals surface area contributed by atoms with Crippen LogP contribution in [0.4, 0.5) is 5.69 Å². The molecule has 0 spiro atoms. The highest BCUT2D eigenvalue weighted by molar-refractivity contribution is 6.09. The molecule has 0 atom stereocenters. The zero-order chi connectivity index (χ0) is 19.6. The molecular formula is C21H20N2O4. The van der Waals surface area contributed by atoms with Gasteiger partial charge in [-0.2, -0.15) is 5.26 Å². The number of nitrogens with zero attached hydrogens (tertiary/aromatic N) is 1. The number of rotatable bonds is 8. The molecule has 0 aliphatic carbocycles. The standard InChI is InChI=1S/C21H20N2O4/c1-4-11-27-19-10-5-15(13-20(19)26-3)12-16(14-22)21(24)23-17-6-8-18(25-2)9-7-17/h4-10,12-13H,1,11H2,2-3H3,(H,23,24). The minimum absolute atomic E-state index is 0.0346. The third-order valence-corrected chi connectivity index (χ3v) is 3.57. The van der Waals surface area contributed by atoms with Gasteiger partial charge in [0.2, 0.25) is 0 Å². The van der Waals surface area contributed by atoms with Gasteiger partial charge >= 0.3 is 0 Å². The molecule has 2 rings (SSSR count). The first-order valence-corrected chi connectivity index (χ1v) is 8.10. The molecule has 0 heterocycles. The molecule has 0 radical (unpaired) electrons. The second-order valence-electron chi connectivity index (χ2n) is 5.36. The van der Waals surface area contributed by atoms with E-state index in [0.29, 0.717) is 35.1 Å². The number of methoxy groups -OCH3 is 2. The summed E-state index contributed by atoms with van der Waals surface area (Å²) in [4.78, 5) is 12.4. The second-order valence-corrected chi connectivity index (χ2v) is 5.36. The third-order valence-electron chi connectivity index (χ3n) is 3.57. The fourth-order valence-corrected chi connectivity index (χ4v) is 2.23. The number of carbonyl (C=O) groups excluding carboxylic acids is 1. The normalized spacial score (nSPS) is 10.5. The molecule has 138 valence electrons. The molecule has 1 N–H and O–H groups in total. The molecule has 0 aliphatic heterocycles. The Morgan fingerprint density at radius 2 is 1.89 bits per heavy atom. The molecular weight excluding hydrogens is 344 g/mol. The van der Waals surface area contributed by atoms with E-state index in [0.717, 1.165) is 0 Å². The summed E-state index contributed by atoms with van der Waals surface area (Å²) in [6.07, 6.45) is 3.11. The maximum Gasteiger partial charge on any atom is 0.266 e. The molecule has 0 aliphatic rings. The fraction of sp³-hybridized carbons (Fsp3) is 0.143. The van der Waals surface area contributed by atoms with Crippen molar-refractivity contribution in [3.8, 4) is 23.3 Å². The number of hydrogen-bond acceptors (Lipinski definition) is 5. The van der Waals surface area contributed by atoms with Crippen molar-refractivity contribution < 1.29 is 19.0 Å². The first-order chi connectivity index (χ1) is 13.1. The Morgan fingerprint density at radius 3 is 2.48 bits per heavy atom. The van der Waals surface area contributed by atoms with Crippen molar-refractivity contribution in [2.45, 2.75) is 0 Å². The quantitative estimate of drug-likeness (QED) is 0.438. The molecule has 0 saturated heterocycles.